The maximum Gasteiger partial charge on any atom is 0.130 e. The molecule has 0 atom stereocenters. The van der Waals surface area contributed by atoms with Gasteiger partial charge >= 0.3 is 0 Å². The summed E-state index contributed by atoms with van der Waals surface area (Å²) in [5.74, 6) is 0.653. The Labute approximate surface area is 82.9 Å². The Balaban J connectivity index is 2.35. The van der Waals surface area contributed by atoms with Crippen molar-refractivity contribution in [2.45, 2.75) is 25.2 Å². The summed E-state index contributed by atoms with van der Waals surface area (Å²) in [6.45, 7) is 0.644. The van der Waals surface area contributed by atoms with Gasteiger partial charge in [0.05, 0.1) is 5.69 Å². The lowest BCUT2D eigenvalue weighted by molar-refractivity contribution is 0.744. The standard InChI is InChI=1S/C9H14ClN3/c1-13-9(10)7(4-5-11)8(12-13)6-2-3-6/h6H,2-5,11H2,1H3. The summed E-state index contributed by atoms with van der Waals surface area (Å²) in [6.07, 6.45) is 3.36. The lowest BCUT2D eigenvalue weighted by Gasteiger charge is -1.98. The highest BCUT2D eigenvalue weighted by molar-refractivity contribution is 6.30. The molecule has 1 aliphatic carbocycles. The highest BCUT2D eigenvalue weighted by Gasteiger charge is 2.30. The van der Waals surface area contributed by atoms with Gasteiger partial charge in [0.25, 0.3) is 0 Å². The Morgan fingerprint density at radius 2 is 2.31 bits per heavy atom. The lowest BCUT2D eigenvalue weighted by Crippen LogP contribution is -2.04. The van der Waals surface area contributed by atoms with E-state index in [1.165, 1.54) is 18.5 Å². The average Bonchev–Trinajstić information content (AvgIpc) is 2.89. The molecular formula is C9H14ClN3. The van der Waals surface area contributed by atoms with Crippen LogP contribution in [0, 0.1) is 0 Å². The number of hydrogen-bond donors (Lipinski definition) is 1. The van der Waals surface area contributed by atoms with Gasteiger partial charge in [0.2, 0.25) is 0 Å². The largest absolute Gasteiger partial charge is 0.330 e. The molecular weight excluding hydrogens is 186 g/mol. The Bertz CT molecular complexity index is 315. The van der Waals surface area contributed by atoms with Crippen molar-refractivity contribution >= 4 is 11.6 Å². The van der Waals surface area contributed by atoms with E-state index in [1.54, 1.807) is 4.68 Å². The van der Waals surface area contributed by atoms with Crippen molar-refractivity contribution in [3.8, 4) is 0 Å². The van der Waals surface area contributed by atoms with Crippen molar-refractivity contribution in [1.82, 2.24) is 9.78 Å². The molecule has 0 spiro atoms. The second-order valence-electron chi connectivity index (χ2n) is 3.59. The van der Waals surface area contributed by atoms with Crippen LogP contribution in [0.4, 0.5) is 0 Å². The van der Waals surface area contributed by atoms with Gasteiger partial charge in [-0.3, -0.25) is 4.68 Å². The van der Waals surface area contributed by atoms with Gasteiger partial charge < -0.3 is 5.73 Å². The Morgan fingerprint density at radius 3 is 2.85 bits per heavy atom. The number of hydrogen-bond acceptors (Lipinski definition) is 2. The van der Waals surface area contributed by atoms with Gasteiger partial charge in [-0.1, -0.05) is 11.6 Å². The zero-order valence-corrected chi connectivity index (χ0v) is 8.51. The van der Waals surface area contributed by atoms with Crippen molar-refractivity contribution in [2.75, 3.05) is 6.54 Å². The quantitative estimate of drug-likeness (QED) is 0.801. The molecule has 1 fully saturated rings. The number of rotatable bonds is 3. The van der Waals surface area contributed by atoms with Crippen LogP contribution in [0.25, 0.3) is 0 Å². The van der Waals surface area contributed by atoms with E-state index in [0.717, 1.165) is 17.1 Å². The molecule has 0 aromatic carbocycles. The number of nitrogens with zero attached hydrogens (tertiary/aromatic N) is 2. The van der Waals surface area contributed by atoms with Crippen molar-refractivity contribution in [3.05, 3.63) is 16.4 Å². The molecule has 2 rings (SSSR count). The first-order chi connectivity index (χ1) is 6.24. The van der Waals surface area contributed by atoms with Crippen molar-refractivity contribution in [2.24, 2.45) is 12.8 Å². The van der Waals surface area contributed by atoms with E-state index in [-0.39, 0.29) is 0 Å². The third kappa shape index (κ3) is 1.58. The summed E-state index contributed by atoms with van der Waals surface area (Å²) in [5, 5.41) is 5.18. The van der Waals surface area contributed by atoms with Gasteiger partial charge in [0.1, 0.15) is 5.15 Å². The molecule has 0 amide bonds. The van der Waals surface area contributed by atoms with Gasteiger partial charge in [-0.05, 0) is 25.8 Å². The molecule has 1 aromatic heterocycles. The minimum Gasteiger partial charge on any atom is -0.330 e. The van der Waals surface area contributed by atoms with E-state index >= 15 is 0 Å². The summed E-state index contributed by atoms with van der Waals surface area (Å²) >= 11 is 6.11. The molecule has 0 bridgehead atoms. The van der Waals surface area contributed by atoms with Crippen LogP contribution >= 0.6 is 11.6 Å². The first kappa shape index (κ1) is 9.03. The summed E-state index contributed by atoms with van der Waals surface area (Å²) < 4.78 is 1.75. The monoisotopic (exact) mass is 199 g/mol. The molecule has 3 nitrogen and oxygen atoms in total. The van der Waals surface area contributed by atoms with E-state index < -0.39 is 0 Å². The Hall–Kier alpha value is -0.540. The summed E-state index contributed by atoms with van der Waals surface area (Å²) in [7, 11) is 1.88. The van der Waals surface area contributed by atoms with Gasteiger partial charge in [0.15, 0.2) is 0 Å². The van der Waals surface area contributed by atoms with E-state index in [9.17, 15) is 0 Å². The summed E-state index contributed by atoms with van der Waals surface area (Å²) in [6, 6.07) is 0. The second kappa shape index (κ2) is 3.31. The van der Waals surface area contributed by atoms with Crippen LogP contribution in [-0.4, -0.2) is 16.3 Å². The molecule has 2 N–H and O–H groups in total. The van der Waals surface area contributed by atoms with Crippen molar-refractivity contribution in [1.29, 1.82) is 0 Å². The molecule has 13 heavy (non-hydrogen) atoms. The molecule has 0 saturated heterocycles. The minimum absolute atomic E-state index is 0.644. The van der Waals surface area contributed by atoms with Gasteiger partial charge in [-0.2, -0.15) is 5.10 Å². The molecule has 1 aromatic rings. The van der Waals surface area contributed by atoms with E-state index in [1.807, 2.05) is 7.05 Å². The molecule has 4 heteroatoms. The fraction of sp³-hybridized carbons (Fsp3) is 0.667. The van der Waals surface area contributed by atoms with Crippen LogP contribution in [0.5, 0.6) is 0 Å². The Kier molecular flexibility index (Phi) is 2.30. The topological polar surface area (TPSA) is 43.8 Å². The van der Waals surface area contributed by atoms with Crippen molar-refractivity contribution in [3.63, 3.8) is 0 Å². The highest BCUT2D eigenvalue weighted by atomic mass is 35.5. The number of halogens is 1. The van der Waals surface area contributed by atoms with Crippen LogP contribution in [-0.2, 0) is 13.5 Å². The zero-order valence-electron chi connectivity index (χ0n) is 7.76. The van der Waals surface area contributed by atoms with Crippen LogP contribution in [0.3, 0.4) is 0 Å². The smallest absolute Gasteiger partial charge is 0.130 e. The number of aromatic nitrogens is 2. The van der Waals surface area contributed by atoms with Gasteiger partial charge in [0, 0.05) is 18.5 Å². The highest BCUT2D eigenvalue weighted by Crippen LogP contribution is 2.42. The minimum atomic E-state index is 0.644. The van der Waals surface area contributed by atoms with Crippen LogP contribution in [0.1, 0.15) is 30.0 Å². The maximum absolute atomic E-state index is 6.11. The number of aryl methyl sites for hydroxylation is 1. The SMILES string of the molecule is Cn1nc(C2CC2)c(CCN)c1Cl. The Morgan fingerprint density at radius 1 is 1.62 bits per heavy atom. The maximum atomic E-state index is 6.11. The summed E-state index contributed by atoms with van der Waals surface area (Å²) in [4.78, 5) is 0. The van der Waals surface area contributed by atoms with Crippen LogP contribution in [0.2, 0.25) is 5.15 Å². The first-order valence-corrected chi connectivity index (χ1v) is 5.03. The molecule has 1 aliphatic rings. The van der Waals surface area contributed by atoms with Gasteiger partial charge in [-0.15, -0.1) is 0 Å². The normalized spacial score (nSPS) is 16.5. The van der Waals surface area contributed by atoms with E-state index in [4.69, 9.17) is 17.3 Å². The van der Waals surface area contributed by atoms with Crippen LogP contribution in [0.15, 0.2) is 0 Å². The molecule has 0 unspecified atom stereocenters. The number of nitrogens with two attached hydrogens (primary N) is 1. The summed E-state index contributed by atoms with van der Waals surface area (Å²) in [5.41, 5.74) is 7.87. The fourth-order valence-electron chi connectivity index (χ4n) is 1.63. The van der Waals surface area contributed by atoms with E-state index in [2.05, 4.69) is 5.10 Å². The zero-order chi connectivity index (χ0) is 9.42. The predicted octanol–water partition coefficient (Wildman–Crippen LogP) is 1.45. The first-order valence-electron chi connectivity index (χ1n) is 4.65. The van der Waals surface area contributed by atoms with Gasteiger partial charge in [-0.25, -0.2) is 0 Å². The lowest BCUT2D eigenvalue weighted by atomic mass is 10.1. The van der Waals surface area contributed by atoms with E-state index in [0.29, 0.717) is 12.5 Å². The molecule has 1 saturated carbocycles. The third-order valence-electron chi connectivity index (χ3n) is 2.46. The molecule has 0 aliphatic heterocycles. The molecule has 0 radical (unpaired) electrons. The average molecular weight is 200 g/mol. The van der Waals surface area contributed by atoms with Crippen LogP contribution < -0.4 is 5.73 Å². The third-order valence-corrected chi connectivity index (χ3v) is 2.93. The predicted molar refractivity (Wildman–Crippen MR) is 53.0 cm³/mol. The molecule has 1 heterocycles. The molecule has 72 valence electrons. The fourth-order valence-corrected chi connectivity index (χ4v) is 1.86. The second-order valence-corrected chi connectivity index (χ2v) is 3.95. The van der Waals surface area contributed by atoms with Crippen molar-refractivity contribution < 1.29 is 0 Å².